The standard InChI is InChI=1S/C6H15NO2.BH3O3/c1-2-7(3-5-8)4-6-9;2-1(3)4/h8-9H,2-6H2,1H3;2-4H. The van der Waals surface area contributed by atoms with Crippen molar-refractivity contribution < 1.29 is 25.3 Å². The summed E-state index contributed by atoms with van der Waals surface area (Å²) in [6.07, 6.45) is 0. The van der Waals surface area contributed by atoms with Gasteiger partial charge < -0.3 is 25.3 Å². The quantitative estimate of drug-likeness (QED) is 0.304. The summed E-state index contributed by atoms with van der Waals surface area (Å²) in [6.45, 7) is 4.57. The first-order valence-electron chi connectivity index (χ1n) is 4.06. The van der Waals surface area contributed by atoms with Gasteiger partial charge in [0.1, 0.15) is 0 Å². The molecule has 0 rings (SSSR count). The molecule has 0 aromatic rings. The maximum absolute atomic E-state index is 8.47. The van der Waals surface area contributed by atoms with Gasteiger partial charge in [0.15, 0.2) is 0 Å². The van der Waals surface area contributed by atoms with Crippen molar-refractivity contribution in [3.8, 4) is 0 Å². The van der Waals surface area contributed by atoms with Crippen molar-refractivity contribution in [1.29, 1.82) is 0 Å². The van der Waals surface area contributed by atoms with Gasteiger partial charge in [0.05, 0.1) is 13.2 Å². The average Bonchev–Trinajstić information content (AvgIpc) is 2.03. The fraction of sp³-hybridized carbons (Fsp3) is 1.00. The van der Waals surface area contributed by atoms with Crippen LogP contribution in [0.15, 0.2) is 0 Å². The van der Waals surface area contributed by atoms with Gasteiger partial charge in [0, 0.05) is 13.1 Å². The van der Waals surface area contributed by atoms with Gasteiger partial charge in [0.2, 0.25) is 0 Å². The van der Waals surface area contributed by atoms with E-state index in [-0.39, 0.29) is 13.2 Å². The Balaban J connectivity index is 0. The Kier molecular flexibility index (Phi) is 13.9. The molecule has 0 unspecified atom stereocenters. The van der Waals surface area contributed by atoms with Crippen LogP contribution >= 0.6 is 0 Å². The van der Waals surface area contributed by atoms with Gasteiger partial charge in [-0.15, -0.1) is 0 Å². The summed E-state index contributed by atoms with van der Waals surface area (Å²) < 4.78 is 0. The highest BCUT2D eigenvalue weighted by molar-refractivity contribution is 6.30. The Labute approximate surface area is 78.2 Å². The van der Waals surface area contributed by atoms with E-state index in [0.717, 1.165) is 6.54 Å². The van der Waals surface area contributed by atoms with Gasteiger partial charge >= 0.3 is 7.32 Å². The van der Waals surface area contributed by atoms with Crippen LogP contribution in [0, 0.1) is 0 Å². The summed E-state index contributed by atoms with van der Waals surface area (Å²) in [4.78, 5) is 1.99. The molecule has 7 heteroatoms. The first-order chi connectivity index (χ1) is 6.08. The fourth-order valence-electron chi connectivity index (χ4n) is 0.711. The van der Waals surface area contributed by atoms with E-state index in [0.29, 0.717) is 13.1 Å². The second-order valence-electron chi connectivity index (χ2n) is 2.23. The van der Waals surface area contributed by atoms with Crippen molar-refractivity contribution in [2.75, 3.05) is 32.8 Å². The van der Waals surface area contributed by atoms with E-state index in [2.05, 4.69) is 0 Å². The number of hydrogen-bond donors (Lipinski definition) is 5. The van der Waals surface area contributed by atoms with Crippen LogP contribution in [0.5, 0.6) is 0 Å². The third kappa shape index (κ3) is 18.6. The molecule has 0 aromatic carbocycles. The molecule has 0 spiro atoms. The Morgan fingerprint density at radius 3 is 1.46 bits per heavy atom. The third-order valence-electron chi connectivity index (χ3n) is 1.28. The minimum absolute atomic E-state index is 0.174. The van der Waals surface area contributed by atoms with Crippen molar-refractivity contribution >= 4 is 7.32 Å². The molecule has 5 N–H and O–H groups in total. The van der Waals surface area contributed by atoms with Gasteiger partial charge in [-0.3, -0.25) is 4.90 Å². The first kappa shape index (κ1) is 15.3. The van der Waals surface area contributed by atoms with Crippen LogP contribution < -0.4 is 0 Å². The summed E-state index contributed by atoms with van der Waals surface area (Å²) in [5.41, 5.74) is 0. The summed E-state index contributed by atoms with van der Waals surface area (Å²) in [6, 6.07) is 0. The Hall–Kier alpha value is -0.175. The molecule has 0 aliphatic carbocycles. The van der Waals surface area contributed by atoms with Crippen molar-refractivity contribution in [3.05, 3.63) is 0 Å². The minimum atomic E-state index is -2.17. The smallest absolute Gasteiger partial charge is 0.402 e. The van der Waals surface area contributed by atoms with Crippen LogP contribution in [0.1, 0.15) is 6.92 Å². The number of likely N-dealkylation sites (N-methyl/N-ethyl adjacent to an activating group) is 1. The predicted octanol–water partition coefficient (Wildman–Crippen LogP) is -2.76. The molecule has 80 valence electrons. The normalized spacial score (nSPS) is 9.46. The molecule has 0 saturated carbocycles. The molecule has 0 heterocycles. The van der Waals surface area contributed by atoms with Crippen LogP contribution in [-0.2, 0) is 0 Å². The Bertz CT molecular complexity index is 86.3. The molecular formula is C6H18BNO5. The second kappa shape index (κ2) is 11.8. The number of aliphatic hydroxyl groups excluding tert-OH is 2. The number of aliphatic hydroxyl groups is 2. The minimum Gasteiger partial charge on any atom is -0.402 e. The molecule has 13 heavy (non-hydrogen) atoms. The summed E-state index contributed by atoms with van der Waals surface area (Å²) in [7, 11) is -2.17. The number of nitrogens with zero attached hydrogens (tertiary/aromatic N) is 1. The van der Waals surface area contributed by atoms with E-state index < -0.39 is 7.32 Å². The summed E-state index contributed by atoms with van der Waals surface area (Å²) in [5, 5.41) is 38.4. The van der Waals surface area contributed by atoms with Crippen LogP contribution in [0.3, 0.4) is 0 Å². The van der Waals surface area contributed by atoms with Gasteiger partial charge in [0.25, 0.3) is 0 Å². The maximum atomic E-state index is 8.47. The molecule has 0 radical (unpaired) electrons. The molecule has 0 fully saturated rings. The topological polar surface area (TPSA) is 104 Å². The highest BCUT2D eigenvalue weighted by Gasteiger charge is 1.97. The molecule has 0 aliphatic rings. The molecule has 6 nitrogen and oxygen atoms in total. The van der Waals surface area contributed by atoms with Crippen molar-refractivity contribution in [3.63, 3.8) is 0 Å². The van der Waals surface area contributed by atoms with Gasteiger partial charge in [-0.2, -0.15) is 0 Å². The van der Waals surface area contributed by atoms with Crippen molar-refractivity contribution in [2.45, 2.75) is 6.92 Å². The largest absolute Gasteiger partial charge is 0.631 e. The van der Waals surface area contributed by atoms with E-state index in [1.54, 1.807) is 0 Å². The van der Waals surface area contributed by atoms with E-state index in [1.807, 2.05) is 11.8 Å². The average molecular weight is 195 g/mol. The van der Waals surface area contributed by atoms with Crippen molar-refractivity contribution in [1.82, 2.24) is 4.90 Å². The van der Waals surface area contributed by atoms with E-state index >= 15 is 0 Å². The van der Waals surface area contributed by atoms with Crippen LogP contribution in [0.25, 0.3) is 0 Å². The lowest BCUT2D eigenvalue weighted by molar-refractivity contribution is 0.166. The Morgan fingerprint density at radius 2 is 1.31 bits per heavy atom. The first-order valence-corrected chi connectivity index (χ1v) is 4.06. The van der Waals surface area contributed by atoms with Gasteiger partial charge in [-0.05, 0) is 6.54 Å². The van der Waals surface area contributed by atoms with Crippen LogP contribution in [0.2, 0.25) is 0 Å². The third-order valence-corrected chi connectivity index (χ3v) is 1.28. The van der Waals surface area contributed by atoms with Gasteiger partial charge in [-0.1, -0.05) is 6.92 Å². The zero-order valence-electron chi connectivity index (χ0n) is 7.80. The lowest BCUT2D eigenvalue weighted by Gasteiger charge is -2.16. The second-order valence-corrected chi connectivity index (χ2v) is 2.23. The van der Waals surface area contributed by atoms with Gasteiger partial charge in [-0.25, -0.2) is 0 Å². The SMILES string of the molecule is CCN(CCO)CCO.OB(O)O. The summed E-state index contributed by atoms with van der Waals surface area (Å²) >= 11 is 0. The van der Waals surface area contributed by atoms with Crippen molar-refractivity contribution in [2.24, 2.45) is 0 Å². The van der Waals surface area contributed by atoms with E-state index in [1.165, 1.54) is 0 Å². The maximum Gasteiger partial charge on any atom is 0.631 e. The zero-order chi connectivity index (χ0) is 10.7. The summed E-state index contributed by atoms with van der Waals surface area (Å²) in [5.74, 6) is 0. The lowest BCUT2D eigenvalue weighted by Crippen LogP contribution is -2.29. The predicted molar refractivity (Wildman–Crippen MR) is 48.7 cm³/mol. The van der Waals surface area contributed by atoms with Crippen LogP contribution in [-0.4, -0.2) is 70.4 Å². The Morgan fingerprint density at radius 1 is 1.00 bits per heavy atom. The lowest BCUT2D eigenvalue weighted by atomic mass is 10.3. The van der Waals surface area contributed by atoms with E-state index in [9.17, 15) is 0 Å². The van der Waals surface area contributed by atoms with Crippen LogP contribution in [0.4, 0.5) is 0 Å². The number of hydrogen-bond acceptors (Lipinski definition) is 6. The molecular weight excluding hydrogens is 177 g/mol. The highest BCUT2D eigenvalue weighted by Crippen LogP contribution is 1.83. The molecule has 0 aromatic heterocycles. The fourth-order valence-corrected chi connectivity index (χ4v) is 0.711. The molecule has 0 saturated heterocycles. The monoisotopic (exact) mass is 195 g/mol. The molecule has 0 amide bonds. The highest BCUT2D eigenvalue weighted by atomic mass is 16.5. The molecule has 0 aliphatic heterocycles. The number of rotatable bonds is 5. The van der Waals surface area contributed by atoms with E-state index in [4.69, 9.17) is 25.3 Å². The molecule has 0 bridgehead atoms. The zero-order valence-corrected chi connectivity index (χ0v) is 7.80. The molecule has 0 atom stereocenters.